The molecule has 0 bridgehead atoms. The maximum absolute atomic E-state index is 12.7. The molecule has 2 rings (SSSR count). The van der Waals surface area contributed by atoms with Gasteiger partial charge in [-0.2, -0.15) is 0 Å². The van der Waals surface area contributed by atoms with Gasteiger partial charge in [-0.05, 0) is 26.4 Å². The Kier molecular flexibility index (Phi) is 5.15. The molecule has 0 aromatic rings. The zero-order chi connectivity index (χ0) is 14.7. The molecule has 1 N–H and O–H groups in total. The van der Waals surface area contributed by atoms with Crippen molar-refractivity contribution in [2.45, 2.75) is 31.8 Å². The van der Waals surface area contributed by atoms with E-state index in [1.54, 1.807) is 0 Å². The molecule has 0 aromatic heterocycles. The third-order valence-electron chi connectivity index (χ3n) is 4.03. The summed E-state index contributed by atoms with van der Waals surface area (Å²) >= 11 is 1.51. The van der Waals surface area contributed by atoms with E-state index in [0.29, 0.717) is 11.6 Å². The molecule has 2 aliphatic rings. The van der Waals surface area contributed by atoms with Gasteiger partial charge in [-0.25, -0.2) is 9.59 Å². The summed E-state index contributed by atoms with van der Waals surface area (Å²) in [5.41, 5.74) is 0. The van der Waals surface area contributed by atoms with Gasteiger partial charge in [0.1, 0.15) is 6.04 Å². The minimum Gasteiger partial charge on any atom is -0.480 e. The number of carboxylic acids is 1. The van der Waals surface area contributed by atoms with E-state index in [-0.39, 0.29) is 12.1 Å². The standard InChI is InChI=1S/C13H23N3O3S/c1-3-10-7-14(2)5-4-6-15(10)13(19)16-9-20-8-11(16)12(17)18/h10-11H,3-9H2,1-2H3,(H,17,18)/t10?,11-/m0/s1. The summed E-state index contributed by atoms with van der Waals surface area (Å²) < 4.78 is 0. The summed E-state index contributed by atoms with van der Waals surface area (Å²) in [4.78, 5) is 29.6. The van der Waals surface area contributed by atoms with Gasteiger partial charge in [-0.3, -0.25) is 0 Å². The molecular weight excluding hydrogens is 278 g/mol. The lowest BCUT2D eigenvalue weighted by Crippen LogP contribution is -2.53. The Morgan fingerprint density at radius 2 is 2.05 bits per heavy atom. The van der Waals surface area contributed by atoms with Crippen LogP contribution in [0.15, 0.2) is 0 Å². The highest BCUT2D eigenvalue weighted by atomic mass is 32.2. The second-order valence-corrected chi connectivity index (χ2v) is 6.48. The van der Waals surface area contributed by atoms with E-state index in [1.807, 2.05) is 4.90 Å². The van der Waals surface area contributed by atoms with E-state index in [0.717, 1.165) is 32.5 Å². The van der Waals surface area contributed by atoms with Crippen molar-refractivity contribution < 1.29 is 14.7 Å². The lowest BCUT2D eigenvalue weighted by Gasteiger charge is -2.34. The van der Waals surface area contributed by atoms with E-state index in [9.17, 15) is 14.7 Å². The van der Waals surface area contributed by atoms with Crippen molar-refractivity contribution >= 4 is 23.8 Å². The Labute approximate surface area is 124 Å². The molecule has 20 heavy (non-hydrogen) atoms. The van der Waals surface area contributed by atoms with Crippen LogP contribution in [0.4, 0.5) is 4.79 Å². The molecule has 2 amide bonds. The number of carboxylic acid groups (broad SMARTS) is 1. The van der Waals surface area contributed by atoms with Gasteiger partial charge in [-0.15, -0.1) is 11.8 Å². The number of thioether (sulfide) groups is 1. The fourth-order valence-electron chi connectivity index (χ4n) is 2.85. The highest BCUT2D eigenvalue weighted by Crippen LogP contribution is 2.24. The Bertz CT molecular complexity index is 380. The van der Waals surface area contributed by atoms with Gasteiger partial charge in [0, 0.05) is 24.9 Å². The second kappa shape index (κ2) is 6.67. The number of rotatable bonds is 2. The van der Waals surface area contributed by atoms with Crippen LogP contribution >= 0.6 is 11.8 Å². The van der Waals surface area contributed by atoms with Crippen LogP contribution in [0.1, 0.15) is 19.8 Å². The van der Waals surface area contributed by atoms with E-state index in [2.05, 4.69) is 18.9 Å². The topological polar surface area (TPSA) is 64.1 Å². The number of amides is 2. The summed E-state index contributed by atoms with van der Waals surface area (Å²) in [6.45, 7) is 4.64. The molecule has 2 saturated heterocycles. The number of urea groups is 1. The first-order valence-corrected chi connectivity index (χ1v) is 8.26. The van der Waals surface area contributed by atoms with Crippen molar-refractivity contribution in [1.82, 2.24) is 14.7 Å². The van der Waals surface area contributed by atoms with Crippen LogP contribution in [-0.4, -0.2) is 82.2 Å². The zero-order valence-electron chi connectivity index (χ0n) is 12.1. The van der Waals surface area contributed by atoms with Crippen LogP contribution in [0.25, 0.3) is 0 Å². The van der Waals surface area contributed by atoms with Crippen molar-refractivity contribution in [2.24, 2.45) is 0 Å². The lowest BCUT2D eigenvalue weighted by atomic mass is 10.2. The third-order valence-corrected chi connectivity index (χ3v) is 5.04. The largest absolute Gasteiger partial charge is 0.480 e. The van der Waals surface area contributed by atoms with Gasteiger partial charge in [0.2, 0.25) is 0 Å². The van der Waals surface area contributed by atoms with Gasteiger partial charge in [0.25, 0.3) is 0 Å². The average molecular weight is 301 g/mol. The van der Waals surface area contributed by atoms with Gasteiger partial charge in [-0.1, -0.05) is 6.92 Å². The molecular formula is C13H23N3O3S. The molecule has 0 spiro atoms. The van der Waals surface area contributed by atoms with Crippen molar-refractivity contribution in [1.29, 1.82) is 0 Å². The number of hydrogen-bond donors (Lipinski definition) is 1. The molecule has 7 heteroatoms. The number of nitrogens with zero attached hydrogens (tertiary/aromatic N) is 3. The van der Waals surface area contributed by atoms with Gasteiger partial charge >= 0.3 is 12.0 Å². The first kappa shape index (κ1) is 15.4. The summed E-state index contributed by atoms with van der Waals surface area (Å²) in [6.07, 6.45) is 1.84. The zero-order valence-corrected chi connectivity index (χ0v) is 12.9. The van der Waals surface area contributed by atoms with Crippen LogP contribution in [0.2, 0.25) is 0 Å². The quantitative estimate of drug-likeness (QED) is 0.824. The number of likely N-dealkylation sites (N-methyl/N-ethyl adjacent to an activating group) is 1. The Morgan fingerprint density at radius 1 is 1.30 bits per heavy atom. The molecule has 0 aliphatic carbocycles. The van der Waals surface area contributed by atoms with Crippen molar-refractivity contribution in [3.63, 3.8) is 0 Å². The number of carbonyl (C=O) groups is 2. The third kappa shape index (κ3) is 3.20. The summed E-state index contributed by atoms with van der Waals surface area (Å²) in [5, 5.41) is 9.22. The van der Waals surface area contributed by atoms with Crippen LogP contribution in [0.3, 0.4) is 0 Å². The van der Waals surface area contributed by atoms with Crippen LogP contribution in [0.5, 0.6) is 0 Å². The summed E-state index contributed by atoms with van der Waals surface area (Å²) in [7, 11) is 2.07. The summed E-state index contributed by atoms with van der Waals surface area (Å²) in [5.74, 6) is 0.0767. The smallest absolute Gasteiger partial charge is 0.327 e. The number of hydrogen-bond acceptors (Lipinski definition) is 4. The van der Waals surface area contributed by atoms with Crippen LogP contribution in [0, 0.1) is 0 Å². The predicted octanol–water partition coefficient (Wildman–Crippen LogP) is 0.982. The van der Waals surface area contributed by atoms with Crippen LogP contribution in [-0.2, 0) is 4.79 Å². The molecule has 6 nitrogen and oxygen atoms in total. The fourth-order valence-corrected chi connectivity index (χ4v) is 3.98. The predicted molar refractivity (Wildman–Crippen MR) is 78.9 cm³/mol. The van der Waals surface area contributed by atoms with Gasteiger partial charge in [0.05, 0.1) is 5.88 Å². The number of carbonyl (C=O) groups excluding carboxylic acids is 1. The highest BCUT2D eigenvalue weighted by molar-refractivity contribution is 7.99. The molecule has 2 fully saturated rings. The fraction of sp³-hybridized carbons (Fsp3) is 0.846. The Hall–Kier alpha value is -0.950. The SMILES string of the molecule is CCC1CN(C)CCCN1C(=O)N1CSC[C@H]1C(=O)O. The first-order chi connectivity index (χ1) is 9.54. The molecule has 0 radical (unpaired) electrons. The molecule has 2 heterocycles. The van der Waals surface area contributed by atoms with E-state index < -0.39 is 12.0 Å². The monoisotopic (exact) mass is 301 g/mol. The Balaban J connectivity index is 2.11. The molecule has 1 unspecified atom stereocenters. The normalized spacial score (nSPS) is 28.5. The number of aliphatic carboxylic acids is 1. The van der Waals surface area contributed by atoms with E-state index in [4.69, 9.17) is 0 Å². The van der Waals surface area contributed by atoms with Crippen molar-refractivity contribution in [3.05, 3.63) is 0 Å². The highest BCUT2D eigenvalue weighted by Gasteiger charge is 2.38. The second-order valence-electron chi connectivity index (χ2n) is 5.48. The molecule has 0 aromatic carbocycles. The van der Waals surface area contributed by atoms with Gasteiger partial charge in [0.15, 0.2) is 0 Å². The maximum atomic E-state index is 12.7. The van der Waals surface area contributed by atoms with E-state index in [1.165, 1.54) is 16.7 Å². The Morgan fingerprint density at radius 3 is 2.70 bits per heavy atom. The van der Waals surface area contributed by atoms with Crippen molar-refractivity contribution in [2.75, 3.05) is 38.3 Å². The average Bonchev–Trinajstić information content (AvgIpc) is 2.82. The molecule has 114 valence electrons. The van der Waals surface area contributed by atoms with Crippen LogP contribution < -0.4 is 0 Å². The minimum absolute atomic E-state index is 0.107. The minimum atomic E-state index is -0.900. The first-order valence-electron chi connectivity index (χ1n) is 7.11. The lowest BCUT2D eigenvalue weighted by molar-refractivity contribution is -0.141. The molecule has 2 aliphatic heterocycles. The van der Waals surface area contributed by atoms with Crippen molar-refractivity contribution in [3.8, 4) is 0 Å². The maximum Gasteiger partial charge on any atom is 0.327 e. The molecule has 0 saturated carbocycles. The van der Waals surface area contributed by atoms with Gasteiger partial charge < -0.3 is 19.8 Å². The van der Waals surface area contributed by atoms with E-state index >= 15 is 0 Å². The summed E-state index contributed by atoms with van der Waals surface area (Å²) in [6, 6.07) is -0.606. The molecule has 2 atom stereocenters.